The standard InChI is InChI=1S/C12H14ClN3O/c1-16-12(10(13)7-15-16)11(14)8-3-5-9(17-2)6-4-8/h3-7,11H,14H2,1-2H3. The zero-order chi connectivity index (χ0) is 12.4. The first-order chi connectivity index (χ1) is 8.13. The number of benzene rings is 1. The van der Waals surface area contributed by atoms with Gasteiger partial charge in [0.1, 0.15) is 5.75 Å². The summed E-state index contributed by atoms with van der Waals surface area (Å²) in [7, 11) is 3.46. The molecule has 0 radical (unpaired) electrons. The van der Waals surface area contributed by atoms with Crippen molar-refractivity contribution in [1.82, 2.24) is 9.78 Å². The van der Waals surface area contributed by atoms with E-state index in [-0.39, 0.29) is 6.04 Å². The van der Waals surface area contributed by atoms with E-state index in [0.29, 0.717) is 5.02 Å². The molecule has 1 atom stereocenters. The molecule has 90 valence electrons. The van der Waals surface area contributed by atoms with Crippen LogP contribution < -0.4 is 10.5 Å². The maximum Gasteiger partial charge on any atom is 0.118 e. The Balaban J connectivity index is 2.33. The third kappa shape index (κ3) is 2.28. The fourth-order valence-corrected chi connectivity index (χ4v) is 2.02. The lowest BCUT2D eigenvalue weighted by molar-refractivity contribution is 0.414. The minimum absolute atomic E-state index is 0.291. The van der Waals surface area contributed by atoms with E-state index in [1.54, 1.807) is 18.0 Å². The summed E-state index contributed by atoms with van der Waals surface area (Å²) in [5.74, 6) is 0.803. The number of nitrogens with two attached hydrogens (primary N) is 1. The number of rotatable bonds is 3. The van der Waals surface area contributed by atoms with E-state index in [0.717, 1.165) is 17.0 Å². The summed E-state index contributed by atoms with van der Waals surface area (Å²) >= 11 is 6.06. The van der Waals surface area contributed by atoms with E-state index in [1.807, 2.05) is 31.3 Å². The van der Waals surface area contributed by atoms with E-state index in [4.69, 9.17) is 22.1 Å². The third-order valence-corrected chi connectivity index (χ3v) is 3.00. The summed E-state index contributed by atoms with van der Waals surface area (Å²) in [5, 5.41) is 4.66. The molecule has 1 heterocycles. The van der Waals surface area contributed by atoms with Crippen molar-refractivity contribution in [2.24, 2.45) is 12.8 Å². The lowest BCUT2D eigenvalue weighted by Gasteiger charge is -2.13. The van der Waals surface area contributed by atoms with E-state index >= 15 is 0 Å². The second kappa shape index (κ2) is 4.77. The number of ether oxygens (including phenoxy) is 1. The van der Waals surface area contributed by atoms with Gasteiger partial charge in [-0.25, -0.2) is 0 Å². The Kier molecular flexibility index (Phi) is 3.36. The number of hydrogen-bond acceptors (Lipinski definition) is 3. The van der Waals surface area contributed by atoms with Crippen LogP contribution in [-0.2, 0) is 7.05 Å². The fourth-order valence-electron chi connectivity index (χ4n) is 1.74. The third-order valence-electron chi connectivity index (χ3n) is 2.71. The molecule has 2 rings (SSSR count). The van der Waals surface area contributed by atoms with Crippen LogP contribution in [0.2, 0.25) is 5.02 Å². The van der Waals surface area contributed by atoms with Crippen LogP contribution in [0, 0.1) is 0 Å². The Labute approximate surface area is 105 Å². The van der Waals surface area contributed by atoms with E-state index in [1.165, 1.54) is 0 Å². The molecule has 1 aromatic carbocycles. The molecule has 1 unspecified atom stereocenters. The Hall–Kier alpha value is -1.52. The maximum absolute atomic E-state index is 6.17. The highest BCUT2D eigenvalue weighted by Gasteiger charge is 2.16. The minimum Gasteiger partial charge on any atom is -0.497 e. The van der Waals surface area contributed by atoms with E-state index in [2.05, 4.69) is 5.10 Å². The van der Waals surface area contributed by atoms with Gasteiger partial charge in [0, 0.05) is 7.05 Å². The van der Waals surface area contributed by atoms with Gasteiger partial charge < -0.3 is 10.5 Å². The van der Waals surface area contributed by atoms with Crippen LogP contribution in [0.5, 0.6) is 5.75 Å². The smallest absolute Gasteiger partial charge is 0.118 e. The second-order valence-corrected chi connectivity index (χ2v) is 4.16. The van der Waals surface area contributed by atoms with Gasteiger partial charge in [0.05, 0.1) is 30.1 Å². The average molecular weight is 252 g/mol. The predicted octanol–water partition coefficient (Wildman–Crippen LogP) is 2.13. The summed E-state index contributed by atoms with van der Waals surface area (Å²) in [5.41, 5.74) is 7.94. The first kappa shape index (κ1) is 12.0. The van der Waals surface area contributed by atoms with Crippen molar-refractivity contribution in [3.8, 4) is 5.75 Å². The number of aromatic nitrogens is 2. The first-order valence-electron chi connectivity index (χ1n) is 5.20. The summed E-state index contributed by atoms with van der Waals surface area (Å²) in [4.78, 5) is 0. The fraction of sp³-hybridized carbons (Fsp3) is 0.250. The highest BCUT2D eigenvalue weighted by Crippen LogP contribution is 2.26. The lowest BCUT2D eigenvalue weighted by atomic mass is 10.0. The maximum atomic E-state index is 6.17. The molecule has 4 nitrogen and oxygen atoms in total. The summed E-state index contributed by atoms with van der Waals surface area (Å²) in [6.45, 7) is 0. The van der Waals surface area contributed by atoms with Crippen LogP contribution in [-0.4, -0.2) is 16.9 Å². The number of methoxy groups -OCH3 is 1. The molecule has 0 aliphatic rings. The average Bonchev–Trinajstić information content (AvgIpc) is 2.68. The zero-order valence-corrected chi connectivity index (χ0v) is 10.5. The topological polar surface area (TPSA) is 53.1 Å². The van der Waals surface area contributed by atoms with Crippen LogP contribution in [0.4, 0.5) is 0 Å². The summed E-state index contributed by atoms with van der Waals surface area (Å²) in [6.07, 6.45) is 1.60. The molecular formula is C12H14ClN3O. The molecule has 0 spiro atoms. The van der Waals surface area contributed by atoms with Gasteiger partial charge in [-0.2, -0.15) is 5.10 Å². The van der Waals surface area contributed by atoms with Crippen molar-refractivity contribution in [2.75, 3.05) is 7.11 Å². The highest BCUT2D eigenvalue weighted by atomic mass is 35.5. The molecule has 5 heteroatoms. The Morgan fingerprint density at radius 3 is 2.47 bits per heavy atom. The molecule has 0 aliphatic carbocycles. The molecule has 2 N–H and O–H groups in total. The van der Waals surface area contributed by atoms with Gasteiger partial charge in [-0.3, -0.25) is 4.68 Å². The molecule has 17 heavy (non-hydrogen) atoms. The SMILES string of the molecule is COc1ccc(C(N)c2c(Cl)cnn2C)cc1. The Morgan fingerprint density at radius 2 is 2.00 bits per heavy atom. The molecule has 0 saturated carbocycles. The van der Waals surface area contributed by atoms with Gasteiger partial charge in [0.2, 0.25) is 0 Å². The lowest BCUT2D eigenvalue weighted by Crippen LogP contribution is -2.16. The molecule has 0 bridgehead atoms. The number of nitrogens with zero attached hydrogens (tertiary/aromatic N) is 2. The Bertz CT molecular complexity index is 487. The van der Waals surface area contributed by atoms with Gasteiger partial charge in [0.25, 0.3) is 0 Å². The van der Waals surface area contributed by atoms with Crippen LogP contribution in [0.15, 0.2) is 30.5 Å². The van der Waals surface area contributed by atoms with E-state index in [9.17, 15) is 0 Å². The highest BCUT2D eigenvalue weighted by molar-refractivity contribution is 6.31. The monoisotopic (exact) mass is 251 g/mol. The molecular weight excluding hydrogens is 238 g/mol. The number of hydrogen-bond donors (Lipinski definition) is 1. The molecule has 2 aromatic rings. The molecule has 0 amide bonds. The van der Waals surface area contributed by atoms with Crippen LogP contribution in [0.25, 0.3) is 0 Å². The zero-order valence-electron chi connectivity index (χ0n) is 9.72. The normalized spacial score (nSPS) is 12.5. The second-order valence-electron chi connectivity index (χ2n) is 3.75. The van der Waals surface area contributed by atoms with Crippen LogP contribution in [0.3, 0.4) is 0 Å². The van der Waals surface area contributed by atoms with Crippen molar-refractivity contribution in [2.45, 2.75) is 6.04 Å². The van der Waals surface area contributed by atoms with Crippen molar-refractivity contribution in [3.05, 3.63) is 46.7 Å². The van der Waals surface area contributed by atoms with E-state index < -0.39 is 0 Å². The van der Waals surface area contributed by atoms with Gasteiger partial charge in [-0.05, 0) is 17.7 Å². The Morgan fingerprint density at radius 1 is 1.35 bits per heavy atom. The molecule has 0 fully saturated rings. The van der Waals surface area contributed by atoms with Gasteiger partial charge in [0.15, 0.2) is 0 Å². The summed E-state index contributed by atoms with van der Waals surface area (Å²) < 4.78 is 6.79. The van der Waals surface area contributed by atoms with Crippen molar-refractivity contribution in [1.29, 1.82) is 0 Å². The number of aryl methyl sites for hydroxylation is 1. The van der Waals surface area contributed by atoms with Crippen molar-refractivity contribution < 1.29 is 4.74 Å². The van der Waals surface area contributed by atoms with Crippen molar-refractivity contribution in [3.63, 3.8) is 0 Å². The predicted molar refractivity (Wildman–Crippen MR) is 67.2 cm³/mol. The molecule has 1 aromatic heterocycles. The molecule has 0 saturated heterocycles. The van der Waals surface area contributed by atoms with Gasteiger partial charge >= 0.3 is 0 Å². The largest absolute Gasteiger partial charge is 0.497 e. The summed E-state index contributed by atoms with van der Waals surface area (Å²) in [6, 6.07) is 7.30. The van der Waals surface area contributed by atoms with Gasteiger partial charge in [-0.15, -0.1) is 0 Å². The number of halogens is 1. The van der Waals surface area contributed by atoms with Crippen LogP contribution in [0.1, 0.15) is 17.3 Å². The van der Waals surface area contributed by atoms with Crippen LogP contribution >= 0.6 is 11.6 Å². The first-order valence-corrected chi connectivity index (χ1v) is 5.58. The minimum atomic E-state index is -0.291. The quantitative estimate of drug-likeness (QED) is 0.909. The van der Waals surface area contributed by atoms with Gasteiger partial charge in [-0.1, -0.05) is 23.7 Å². The van der Waals surface area contributed by atoms with Crippen molar-refractivity contribution >= 4 is 11.6 Å². The molecule has 0 aliphatic heterocycles.